The molecule has 1 atom stereocenters. The number of rotatable bonds is 6. The molecule has 3 aromatic rings. The van der Waals surface area contributed by atoms with Crippen LogP contribution in [0.2, 0.25) is 0 Å². The van der Waals surface area contributed by atoms with E-state index in [0.29, 0.717) is 24.2 Å². The van der Waals surface area contributed by atoms with Crippen LogP contribution in [-0.2, 0) is 12.8 Å². The quantitative estimate of drug-likeness (QED) is 0.652. The first-order chi connectivity index (χ1) is 14.5. The van der Waals surface area contributed by atoms with Gasteiger partial charge in [0.15, 0.2) is 5.69 Å². The molecule has 0 bridgehead atoms. The van der Waals surface area contributed by atoms with Crippen LogP contribution in [0.3, 0.4) is 0 Å². The van der Waals surface area contributed by atoms with Gasteiger partial charge < -0.3 is 5.32 Å². The zero-order valence-corrected chi connectivity index (χ0v) is 17.2. The standard InChI is InChI=1S/C22H25N7O/c1-22(2)8-7-17-18(11-22)27-28-20(17)21(30)26-16-13-25-29(14-16)19(6-3-9-23)15-5-4-10-24-12-15/h4-5,10,12-14,19H,3,6-8,11H2,1-2H3,(H,26,30)(H,27,28). The number of aromatic nitrogens is 5. The molecule has 1 amide bonds. The van der Waals surface area contributed by atoms with E-state index in [-0.39, 0.29) is 17.4 Å². The summed E-state index contributed by atoms with van der Waals surface area (Å²) in [6.45, 7) is 4.46. The number of carbonyl (C=O) groups excluding carboxylic acids is 1. The molecule has 3 aromatic heterocycles. The Labute approximate surface area is 175 Å². The van der Waals surface area contributed by atoms with Crippen LogP contribution in [0.4, 0.5) is 5.69 Å². The maximum Gasteiger partial charge on any atom is 0.276 e. The fourth-order valence-corrected chi connectivity index (χ4v) is 4.02. The van der Waals surface area contributed by atoms with Crippen molar-refractivity contribution in [1.29, 1.82) is 5.26 Å². The summed E-state index contributed by atoms with van der Waals surface area (Å²) >= 11 is 0. The van der Waals surface area contributed by atoms with Crippen molar-refractivity contribution < 1.29 is 4.79 Å². The van der Waals surface area contributed by atoms with E-state index in [1.165, 1.54) is 0 Å². The van der Waals surface area contributed by atoms with E-state index in [1.54, 1.807) is 29.5 Å². The molecule has 0 saturated heterocycles. The average molecular weight is 403 g/mol. The van der Waals surface area contributed by atoms with Crippen molar-refractivity contribution in [2.24, 2.45) is 5.41 Å². The summed E-state index contributed by atoms with van der Waals surface area (Å²) in [5, 5.41) is 23.7. The fourth-order valence-electron chi connectivity index (χ4n) is 4.02. The summed E-state index contributed by atoms with van der Waals surface area (Å²) < 4.78 is 1.77. The molecular weight excluding hydrogens is 378 g/mol. The molecule has 0 aliphatic heterocycles. The molecule has 1 unspecified atom stereocenters. The molecule has 0 radical (unpaired) electrons. The number of anilines is 1. The second kappa shape index (κ2) is 8.11. The molecule has 0 saturated carbocycles. The molecule has 8 heteroatoms. The lowest BCUT2D eigenvalue weighted by molar-refractivity contribution is 0.102. The number of pyridine rings is 1. The topological polar surface area (TPSA) is 112 Å². The van der Waals surface area contributed by atoms with Gasteiger partial charge in [-0.05, 0) is 42.7 Å². The van der Waals surface area contributed by atoms with Gasteiger partial charge in [0, 0.05) is 36.3 Å². The summed E-state index contributed by atoms with van der Waals surface area (Å²) in [5.41, 5.74) is 4.32. The van der Waals surface area contributed by atoms with Crippen LogP contribution in [0.5, 0.6) is 0 Å². The van der Waals surface area contributed by atoms with Gasteiger partial charge in [-0.25, -0.2) is 0 Å². The van der Waals surface area contributed by atoms with Gasteiger partial charge in [-0.2, -0.15) is 15.5 Å². The van der Waals surface area contributed by atoms with E-state index in [4.69, 9.17) is 5.26 Å². The Hall–Kier alpha value is -3.47. The first-order valence-corrected chi connectivity index (χ1v) is 10.2. The van der Waals surface area contributed by atoms with Gasteiger partial charge in [0.1, 0.15) is 0 Å². The number of amides is 1. The highest BCUT2D eigenvalue weighted by atomic mass is 16.2. The summed E-state index contributed by atoms with van der Waals surface area (Å²) in [6.07, 6.45) is 10.7. The zero-order chi connectivity index (χ0) is 21.1. The zero-order valence-electron chi connectivity index (χ0n) is 17.2. The van der Waals surface area contributed by atoms with Crippen LogP contribution >= 0.6 is 0 Å². The minimum atomic E-state index is -0.235. The number of nitriles is 1. The van der Waals surface area contributed by atoms with E-state index < -0.39 is 0 Å². The van der Waals surface area contributed by atoms with Crippen molar-refractivity contribution in [3.8, 4) is 6.07 Å². The first-order valence-electron chi connectivity index (χ1n) is 10.2. The third-order valence-corrected chi connectivity index (χ3v) is 5.65. The van der Waals surface area contributed by atoms with E-state index in [0.717, 1.165) is 36.1 Å². The molecule has 0 aromatic carbocycles. The normalized spacial score (nSPS) is 15.8. The predicted octanol–water partition coefficient (Wildman–Crippen LogP) is 3.66. The number of hydrogen-bond donors (Lipinski definition) is 2. The number of carbonyl (C=O) groups is 1. The van der Waals surface area contributed by atoms with Gasteiger partial charge in [-0.3, -0.25) is 19.6 Å². The van der Waals surface area contributed by atoms with E-state index >= 15 is 0 Å². The Morgan fingerprint density at radius 1 is 1.43 bits per heavy atom. The number of fused-ring (bicyclic) bond motifs is 1. The van der Waals surface area contributed by atoms with Crippen LogP contribution in [0.25, 0.3) is 0 Å². The summed E-state index contributed by atoms with van der Waals surface area (Å²) in [6, 6.07) is 5.89. The van der Waals surface area contributed by atoms with Crippen molar-refractivity contribution in [2.75, 3.05) is 5.32 Å². The van der Waals surface area contributed by atoms with Crippen LogP contribution in [0.1, 0.15) is 66.5 Å². The first kappa shape index (κ1) is 19.8. The monoisotopic (exact) mass is 403 g/mol. The second-order valence-electron chi connectivity index (χ2n) is 8.53. The molecule has 8 nitrogen and oxygen atoms in total. The molecule has 0 spiro atoms. The maximum absolute atomic E-state index is 12.8. The number of nitrogens with zero attached hydrogens (tertiary/aromatic N) is 5. The average Bonchev–Trinajstić information content (AvgIpc) is 3.35. The lowest BCUT2D eigenvalue weighted by Crippen LogP contribution is -2.23. The van der Waals surface area contributed by atoms with Crippen molar-refractivity contribution >= 4 is 11.6 Å². The lowest BCUT2D eigenvalue weighted by atomic mass is 9.76. The van der Waals surface area contributed by atoms with Crippen LogP contribution in [0, 0.1) is 16.7 Å². The van der Waals surface area contributed by atoms with Crippen LogP contribution in [-0.4, -0.2) is 30.9 Å². The Bertz CT molecular complexity index is 1070. The van der Waals surface area contributed by atoms with Crippen LogP contribution < -0.4 is 5.32 Å². The predicted molar refractivity (Wildman–Crippen MR) is 112 cm³/mol. The Balaban J connectivity index is 1.51. The molecule has 0 fully saturated rings. The molecule has 1 aliphatic carbocycles. The number of aromatic amines is 1. The van der Waals surface area contributed by atoms with E-state index in [9.17, 15) is 4.79 Å². The number of H-pyrrole nitrogens is 1. The van der Waals surface area contributed by atoms with Gasteiger partial charge in [-0.15, -0.1) is 0 Å². The molecule has 1 aliphatic rings. The highest BCUT2D eigenvalue weighted by Gasteiger charge is 2.30. The van der Waals surface area contributed by atoms with Gasteiger partial charge in [-0.1, -0.05) is 19.9 Å². The fraction of sp³-hybridized carbons (Fsp3) is 0.409. The van der Waals surface area contributed by atoms with Crippen LogP contribution in [0.15, 0.2) is 36.9 Å². The molecular formula is C22H25N7O. The highest BCUT2D eigenvalue weighted by molar-refractivity contribution is 6.03. The largest absolute Gasteiger partial charge is 0.318 e. The summed E-state index contributed by atoms with van der Waals surface area (Å²) in [5.74, 6) is -0.235. The van der Waals surface area contributed by atoms with Gasteiger partial charge in [0.25, 0.3) is 5.91 Å². The highest BCUT2D eigenvalue weighted by Crippen LogP contribution is 2.35. The second-order valence-corrected chi connectivity index (χ2v) is 8.53. The minimum absolute atomic E-state index is 0.121. The van der Waals surface area contributed by atoms with Gasteiger partial charge in [0.05, 0.1) is 24.0 Å². The van der Waals surface area contributed by atoms with Gasteiger partial charge >= 0.3 is 0 Å². The molecule has 30 heavy (non-hydrogen) atoms. The smallest absolute Gasteiger partial charge is 0.276 e. The Morgan fingerprint density at radius 2 is 2.30 bits per heavy atom. The Morgan fingerprint density at radius 3 is 3.07 bits per heavy atom. The minimum Gasteiger partial charge on any atom is -0.318 e. The summed E-state index contributed by atoms with van der Waals surface area (Å²) in [7, 11) is 0. The third kappa shape index (κ3) is 4.10. The van der Waals surface area contributed by atoms with Crippen molar-refractivity contribution in [3.63, 3.8) is 0 Å². The molecule has 154 valence electrons. The van der Waals surface area contributed by atoms with Crippen molar-refractivity contribution in [2.45, 2.75) is 52.0 Å². The van der Waals surface area contributed by atoms with Crippen molar-refractivity contribution in [3.05, 3.63) is 59.4 Å². The number of nitrogens with one attached hydrogen (secondary N) is 2. The summed E-state index contributed by atoms with van der Waals surface area (Å²) in [4.78, 5) is 17.0. The van der Waals surface area contributed by atoms with E-state index in [2.05, 4.69) is 45.5 Å². The maximum atomic E-state index is 12.8. The Kier molecular flexibility index (Phi) is 5.36. The SMILES string of the molecule is CC1(C)CCc2c(C(=O)Nc3cnn(C(CCC#N)c4cccnc4)c3)n[nH]c2C1. The lowest BCUT2D eigenvalue weighted by Gasteiger charge is -2.28. The molecule has 3 heterocycles. The van der Waals surface area contributed by atoms with E-state index in [1.807, 2.05) is 12.1 Å². The third-order valence-electron chi connectivity index (χ3n) is 5.65. The van der Waals surface area contributed by atoms with Crippen molar-refractivity contribution in [1.82, 2.24) is 25.0 Å². The molecule has 2 N–H and O–H groups in total. The number of hydrogen-bond acceptors (Lipinski definition) is 5. The van der Waals surface area contributed by atoms with Gasteiger partial charge in [0.2, 0.25) is 0 Å². The molecule has 4 rings (SSSR count).